The van der Waals surface area contributed by atoms with Crippen LogP contribution in [0.4, 0.5) is 0 Å². The first-order valence-electron chi connectivity index (χ1n) is 8.77. The number of unbranched alkanes of at least 4 members (excludes halogenated alkanes) is 1. The minimum atomic E-state index is -0.502. The summed E-state index contributed by atoms with van der Waals surface area (Å²) < 4.78 is 11.1. The highest BCUT2D eigenvalue weighted by molar-refractivity contribution is 5.71. The molecule has 1 saturated heterocycles. The second-order valence-electron chi connectivity index (χ2n) is 6.17. The number of rotatable bonds is 8. The van der Waals surface area contributed by atoms with Crippen molar-refractivity contribution < 1.29 is 14.3 Å². The van der Waals surface area contributed by atoms with Gasteiger partial charge in [-0.25, -0.2) is 4.79 Å². The van der Waals surface area contributed by atoms with Crippen LogP contribution in [-0.2, 0) is 19.9 Å². The SMILES string of the molecule is CCCCN1CCC(OC(=O)COCC)(c2ccccc2)CC1. The number of ether oxygens (including phenoxy) is 2. The third-order valence-corrected chi connectivity index (χ3v) is 4.52. The number of likely N-dealkylation sites (tertiary alicyclic amines) is 1. The summed E-state index contributed by atoms with van der Waals surface area (Å²) >= 11 is 0. The first-order valence-corrected chi connectivity index (χ1v) is 8.77. The molecular formula is C19H29NO3. The Hall–Kier alpha value is -1.39. The fourth-order valence-corrected chi connectivity index (χ4v) is 3.14. The lowest BCUT2D eigenvalue weighted by atomic mass is 9.84. The average Bonchev–Trinajstić information content (AvgIpc) is 2.60. The molecule has 1 aromatic rings. The van der Waals surface area contributed by atoms with Crippen molar-refractivity contribution in [2.75, 3.05) is 32.8 Å². The van der Waals surface area contributed by atoms with Gasteiger partial charge in [0.25, 0.3) is 0 Å². The van der Waals surface area contributed by atoms with E-state index in [0.717, 1.165) is 38.0 Å². The molecule has 1 aromatic carbocycles. The molecule has 0 saturated carbocycles. The van der Waals surface area contributed by atoms with Crippen LogP contribution in [0.3, 0.4) is 0 Å². The highest BCUT2D eigenvalue weighted by atomic mass is 16.6. The minimum absolute atomic E-state index is 0.0324. The largest absolute Gasteiger partial charge is 0.452 e. The smallest absolute Gasteiger partial charge is 0.332 e. The van der Waals surface area contributed by atoms with Crippen molar-refractivity contribution in [2.45, 2.75) is 45.1 Å². The van der Waals surface area contributed by atoms with E-state index < -0.39 is 5.60 Å². The zero-order valence-corrected chi connectivity index (χ0v) is 14.4. The highest BCUT2D eigenvalue weighted by Crippen LogP contribution is 2.37. The number of carbonyl (C=O) groups excluding carboxylic acids is 1. The molecule has 0 aliphatic carbocycles. The number of hydrogen-bond donors (Lipinski definition) is 0. The van der Waals surface area contributed by atoms with Crippen LogP contribution >= 0.6 is 0 Å². The van der Waals surface area contributed by atoms with E-state index in [2.05, 4.69) is 24.0 Å². The van der Waals surface area contributed by atoms with Gasteiger partial charge in [0.05, 0.1) is 0 Å². The molecule has 2 rings (SSSR count). The van der Waals surface area contributed by atoms with E-state index >= 15 is 0 Å². The van der Waals surface area contributed by atoms with Crippen molar-refractivity contribution in [3.05, 3.63) is 35.9 Å². The molecule has 1 heterocycles. The number of benzene rings is 1. The van der Waals surface area contributed by atoms with Crippen LogP contribution in [0.2, 0.25) is 0 Å². The van der Waals surface area contributed by atoms with Gasteiger partial charge in [0.1, 0.15) is 12.2 Å². The molecule has 1 aliphatic rings. The van der Waals surface area contributed by atoms with E-state index in [1.807, 2.05) is 25.1 Å². The Balaban J connectivity index is 2.06. The molecule has 23 heavy (non-hydrogen) atoms. The van der Waals surface area contributed by atoms with Gasteiger partial charge in [-0.15, -0.1) is 0 Å². The standard InChI is InChI=1S/C19H29NO3/c1-3-5-13-20-14-11-19(12-15-20,17-9-7-6-8-10-17)23-18(21)16-22-4-2/h6-10H,3-5,11-16H2,1-2H3. The number of carbonyl (C=O) groups is 1. The van der Waals surface area contributed by atoms with Crippen LogP contribution in [0.1, 0.15) is 45.1 Å². The predicted molar refractivity (Wildman–Crippen MR) is 91.3 cm³/mol. The maximum absolute atomic E-state index is 12.1. The van der Waals surface area contributed by atoms with Gasteiger partial charge in [-0.1, -0.05) is 43.7 Å². The molecule has 0 atom stereocenters. The van der Waals surface area contributed by atoms with Crippen molar-refractivity contribution in [1.82, 2.24) is 4.90 Å². The fourth-order valence-electron chi connectivity index (χ4n) is 3.14. The average molecular weight is 319 g/mol. The third kappa shape index (κ3) is 5.05. The number of nitrogens with zero attached hydrogens (tertiary/aromatic N) is 1. The van der Waals surface area contributed by atoms with Crippen LogP contribution in [0.25, 0.3) is 0 Å². The molecule has 0 radical (unpaired) electrons. The summed E-state index contributed by atoms with van der Waals surface area (Å²) in [5, 5.41) is 0. The normalized spacial score (nSPS) is 17.8. The van der Waals surface area contributed by atoms with E-state index in [4.69, 9.17) is 9.47 Å². The minimum Gasteiger partial charge on any atom is -0.452 e. The maximum Gasteiger partial charge on any atom is 0.332 e. The van der Waals surface area contributed by atoms with Gasteiger partial charge in [-0.3, -0.25) is 0 Å². The zero-order valence-electron chi connectivity index (χ0n) is 14.4. The Morgan fingerprint density at radius 1 is 1.17 bits per heavy atom. The van der Waals surface area contributed by atoms with E-state index in [0.29, 0.717) is 6.61 Å². The van der Waals surface area contributed by atoms with Gasteiger partial charge in [-0.05, 0) is 25.5 Å². The summed E-state index contributed by atoms with van der Waals surface area (Å²) in [6.45, 7) is 7.73. The quantitative estimate of drug-likeness (QED) is 0.689. The van der Waals surface area contributed by atoms with Crippen molar-refractivity contribution in [3.8, 4) is 0 Å². The van der Waals surface area contributed by atoms with Crippen LogP contribution < -0.4 is 0 Å². The molecule has 0 amide bonds. The molecule has 0 spiro atoms. The van der Waals surface area contributed by atoms with E-state index in [1.165, 1.54) is 12.8 Å². The maximum atomic E-state index is 12.1. The monoisotopic (exact) mass is 319 g/mol. The summed E-state index contributed by atoms with van der Waals surface area (Å²) in [7, 11) is 0. The van der Waals surface area contributed by atoms with Crippen molar-refractivity contribution >= 4 is 5.97 Å². The lowest BCUT2D eigenvalue weighted by Crippen LogP contribution is -2.46. The first-order chi connectivity index (χ1) is 11.2. The Morgan fingerprint density at radius 2 is 1.87 bits per heavy atom. The van der Waals surface area contributed by atoms with Gasteiger partial charge in [0.2, 0.25) is 0 Å². The lowest BCUT2D eigenvalue weighted by molar-refractivity contribution is -0.172. The van der Waals surface area contributed by atoms with Gasteiger partial charge < -0.3 is 14.4 Å². The van der Waals surface area contributed by atoms with Crippen LogP contribution in [-0.4, -0.2) is 43.7 Å². The number of esters is 1. The Bertz CT molecular complexity index is 467. The molecule has 128 valence electrons. The molecular weight excluding hydrogens is 290 g/mol. The Labute approximate surface area is 139 Å². The highest BCUT2D eigenvalue weighted by Gasteiger charge is 2.39. The number of piperidine rings is 1. The van der Waals surface area contributed by atoms with Crippen molar-refractivity contribution in [2.24, 2.45) is 0 Å². The topological polar surface area (TPSA) is 38.8 Å². The number of hydrogen-bond acceptors (Lipinski definition) is 4. The van der Waals surface area contributed by atoms with Gasteiger partial charge >= 0.3 is 5.97 Å². The summed E-state index contributed by atoms with van der Waals surface area (Å²) in [4.78, 5) is 14.6. The summed E-state index contributed by atoms with van der Waals surface area (Å²) in [5.74, 6) is -0.266. The molecule has 1 fully saturated rings. The molecule has 0 N–H and O–H groups in total. The molecule has 0 aromatic heterocycles. The third-order valence-electron chi connectivity index (χ3n) is 4.52. The van der Waals surface area contributed by atoms with Gasteiger partial charge in [-0.2, -0.15) is 0 Å². The van der Waals surface area contributed by atoms with Gasteiger partial charge in [0.15, 0.2) is 0 Å². The summed E-state index contributed by atoms with van der Waals surface area (Å²) in [6, 6.07) is 10.1. The predicted octanol–water partition coefficient (Wildman–Crippen LogP) is 3.36. The summed E-state index contributed by atoms with van der Waals surface area (Å²) in [5.41, 5.74) is 0.595. The molecule has 0 bridgehead atoms. The zero-order chi connectivity index (χ0) is 16.5. The van der Waals surface area contributed by atoms with E-state index in [9.17, 15) is 4.79 Å². The van der Waals surface area contributed by atoms with Crippen molar-refractivity contribution in [1.29, 1.82) is 0 Å². The van der Waals surface area contributed by atoms with Crippen LogP contribution in [0, 0.1) is 0 Å². The molecule has 4 heteroatoms. The molecule has 1 aliphatic heterocycles. The first kappa shape index (κ1) is 18.0. The van der Waals surface area contributed by atoms with E-state index in [1.54, 1.807) is 0 Å². The second kappa shape index (κ2) is 9.04. The Morgan fingerprint density at radius 3 is 2.48 bits per heavy atom. The lowest BCUT2D eigenvalue weighted by Gasteiger charge is -2.41. The second-order valence-corrected chi connectivity index (χ2v) is 6.17. The van der Waals surface area contributed by atoms with Crippen LogP contribution in [0.5, 0.6) is 0 Å². The molecule has 0 unspecified atom stereocenters. The Kier molecular flexibility index (Phi) is 7.06. The summed E-state index contributed by atoms with van der Waals surface area (Å²) in [6.07, 6.45) is 4.13. The van der Waals surface area contributed by atoms with Crippen LogP contribution in [0.15, 0.2) is 30.3 Å². The fraction of sp³-hybridized carbons (Fsp3) is 0.632. The molecule has 4 nitrogen and oxygen atoms in total. The van der Waals surface area contributed by atoms with E-state index in [-0.39, 0.29) is 12.6 Å². The van der Waals surface area contributed by atoms with Crippen molar-refractivity contribution in [3.63, 3.8) is 0 Å². The van der Waals surface area contributed by atoms with Gasteiger partial charge in [0, 0.05) is 32.5 Å².